The van der Waals surface area contributed by atoms with Crippen molar-refractivity contribution < 1.29 is 13.9 Å². The van der Waals surface area contributed by atoms with Crippen LogP contribution in [0.4, 0.5) is 4.39 Å². The van der Waals surface area contributed by atoms with Gasteiger partial charge in [0.2, 0.25) is 0 Å². The fraction of sp³-hybridized carbons (Fsp3) is 0.600. The lowest BCUT2D eigenvalue weighted by Gasteiger charge is -2.27. The number of likely N-dealkylation sites (tertiary alicyclic amines) is 1. The topological polar surface area (TPSA) is 47.7 Å². The highest BCUT2D eigenvalue weighted by atomic mass is 19.1. The van der Waals surface area contributed by atoms with E-state index in [1.54, 1.807) is 33.3 Å². The number of hydrogen-bond acceptors (Lipinski definition) is 4. The van der Waals surface area contributed by atoms with E-state index in [4.69, 9.17) is 15.2 Å². The largest absolute Gasteiger partial charge is 0.377 e. The van der Waals surface area contributed by atoms with Crippen molar-refractivity contribution in [3.05, 3.63) is 35.1 Å². The van der Waals surface area contributed by atoms with Gasteiger partial charge in [0.25, 0.3) is 0 Å². The highest BCUT2D eigenvalue weighted by Crippen LogP contribution is 2.27. The Morgan fingerprint density at radius 2 is 1.90 bits per heavy atom. The number of methoxy groups -OCH3 is 2. The average Bonchev–Trinajstić information content (AvgIpc) is 2.86. The zero-order valence-electron chi connectivity index (χ0n) is 12.3. The van der Waals surface area contributed by atoms with E-state index in [2.05, 4.69) is 4.90 Å². The van der Waals surface area contributed by atoms with Gasteiger partial charge in [-0.2, -0.15) is 0 Å². The standard InChI is InChI=1S/C15H23FN2O2/c1-10-4-5-11(6-12(10)16)13(7-17)18-8-14(19-2)15(9-18)20-3/h4-6,13-15H,7-9,17H2,1-3H3. The molecular weight excluding hydrogens is 259 g/mol. The van der Waals surface area contributed by atoms with E-state index in [9.17, 15) is 4.39 Å². The van der Waals surface area contributed by atoms with E-state index in [-0.39, 0.29) is 24.1 Å². The van der Waals surface area contributed by atoms with E-state index in [1.165, 1.54) is 0 Å². The summed E-state index contributed by atoms with van der Waals surface area (Å²) in [6, 6.07) is 5.31. The summed E-state index contributed by atoms with van der Waals surface area (Å²) in [5.41, 5.74) is 7.45. The quantitative estimate of drug-likeness (QED) is 0.888. The van der Waals surface area contributed by atoms with E-state index in [0.717, 1.165) is 18.7 Å². The van der Waals surface area contributed by atoms with E-state index >= 15 is 0 Å². The number of nitrogens with two attached hydrogens (primary N) is 1. The molecule has 3 atom stereocenters. The summed E-state index contributed by atoms with van der Waals surface area (Å²) in [7, 11) is 3.37. The Bertz CT molecular complexity index is 443. The number of nitrogens with zero attached hydrogens (tertiary/aromatic N) is 1. The zero-order chi connectivity index (χ0) is 14.7. The third-order valence-electron chi connectivity index (χ3n) is 4.09. The van der Waals surface area contributed by atoms with Gasteiger partial charge in [-0.25, -0.2) is 4.39 Å². The predicted octanol–water partition coefficient (Wildman–Crippen LogP) is 1.48. The summed E-state index contributed by atoms with van der Waals surface area (Å²) >= 11 is 0. The maximum Gasteiger partial charge on any atom is 0.126 e. The van der Waals surface area contributed by atoms with Gasteiger partial charge in [0.15, 0.2) is 0 Å². The first-order valence-electron chi connectivity index (χ1n) is 6.86. The van der Waals surface area contributed by atoms with Crippen molar-refractivity contribution in [2.24, 2.45) is 5.73 Å². The first-order chi connectivity index (χ1) is 9.60. The molecule has 1 aliphatic heterocycles. The molecule has 0 saturated carbocycles. The van der Waals surface area contributed by atoms with Crippen LogP contribution in [0, 0.1) is 12.7 Å². The second kappa shape index (κ2) is 6.63. The third kappa shape index (κ3) is 3.01. The molecule has 0 spiro atoms. The Morgan fingerprint density at radius 1 is 1.30 bits per heavy atom. The molecule has 1 heterocycles. The molecule has 3 unspecified atom stereocenters. The fourth-order valence-corrected chi connectivity index (χ4v) is 2.79. The molecule has 0 radical (unpaired) electrons. The molecule has 5 heteroatoms. The van der Waals surface area contributed by atoms with E-state index in [0.29, 0.717) is 12.1 Å². The van der Waals surface area contributed by atoms with Crippen molar-refractivity contribution in [2.45, 2.75) is 25.2 Å². The number of ether oxygens (including phenoxy) is 2. The maximum atomic E-state index is 13.7. The maximum absolute atomic E-state index is 13.7. The van der Waals surface area contributed by atoms with Gasteiger partial charge in [0.1, 0.15) is 5.82 Å². The molecule has 20 heavy (non-hydrogen) atoms. The molecule has 1 fully saturated rings. The molecule has 0 amide bonds. The van der Waals surface area contributed by atoms with Crippen LogP contribution in [-0.4, -0.2) is 51.0 Å². The molecule has 112 valence electrons. The Balaban J connectivity index is 2.18. The van der Waals surface area contributed by atoms with Crippen molar-refractivity contribution in [1.29, 1.82) is 0 Å². The first kappa shape index (κ1) is 15.4. The molecule has 1 saturated heterocycles. The lowest BCUT2D eigenvalue weighted by molar-refractivity contribution is -0.00461. The number of halogens is 1. The SMILES string of the molecule is COC1CN(C(CN)c2ccc(C)c(F)c2)CC1OC. The molecule has 1 aromatic carbocycles. The molecule has 0 aromatic heterocycles. The van der Waals surface area contributed by atoms with Crippen LogP contribution >= 0.6 is 0 Å². The van der Waals surface area contributed by atoms with Crippen LogP contribution in [0.3, 0.4) is 0 Å². The predicted molar refractivity (Wildman–Crippen MR) is 76.1 cm³/mol. The number of aryl methyl sites for hydroxylation is 1. The minimum Gasteiger partial charge on any atom is -0.377 e. The second-order valence-corrected chi connectivity index (χ2v) is 5.26. The highest BCUT2D eigenvalue weighted by Gasteiger charge is 2.36. The van der Waals surface area contributed by atoms with Gasteiger partial charge in [0.05, 0.1) is 12.2 Å². The highest BCUT2D eigenvalue weighted by molar-refractivity contribution is 5.26. The Hall–Kier alpha value is -1.01. The molecule has 0 aliphatic carbocycles. The van der Waals surface area contributed by atoms with Crippen molar-refractivity contribution in [2.75, 3.05) is 33.9 Å². The minimum absolute atomic E-state index is 0.0112. The minimum atomic E-state index is -0.188. The van der Waals surface area contributed by atoms with E-state index in [1.807, 2.05) is 6.07 Å². The lowest BCUT2D eigenvalue weighted by atomic mass is 10.0. The second-order valence-electron chi connectivity index (χ2n) is 5.26. The van der Waals surface area contributed by atoms with Gasteiger partial charge in [-0.1, -0.05) is 12.1 Å². The zero-order valence-corrected chi connectivity index (χ0v) is 12.3. The molecule has 2 rings (SSSR count). The van der Waals surface area contributed by atoms with Crippen LogP contribution in [-0.2, 0) is 9.47 Å². The summed E-state index contributed by atoms with van der Waals surface area (Å²) in [5, 5.41) is 0. The normalized spacial score (nSPS) is 25.1. The van der Waals surface area contributed by atoms with Gasteiger partial charge < -0.3 is 15.2 Å². The monoisotopic (exact) mass is 282 g/mol. The smallest absolute Gasteiger partial charge is 0.126 e. The van der Waals surface area contributed by atoms with Crippen molar-refractivity contribution in [1.82, 2.24) is 4.90 Å². The molecule has 4 nitrogen and oxygen atoms in total. The summed E-state index contributed by atoms with van der Waals surface area (Å²) in [5.74, 6) is -0.188. The van der Waals surface area contributed by atoms with Crippen LogP contribution in [0.1, 0.15) is 17.2 Å². The molecule has 1 aliphatic rings. The van der Waals surface area contributed by atoms with Gasteiger partial charge >= 0.3 is 0 Å². The van der Waals surface area contributed by atoms with Crippen molar-refractivity contribution >= 4 is 0 Å². The Morgan fingerprint density at radius 3 is 2.35 bits per heavy atom. The van der Waals surface area contributed by atoms with Crippen LogP contribution in [0.25, 0.3) is 0 Å². The molecule has 1 aromatic rings. The van der Waals surface area contributed by atoms with E-state index < -0.39 is 0 Å². The number of benzene rings is 1. The Labute approximate surface area is 119 Å². The van der Waals surface area contributed by atoms with Crippen LogP contribution in [0.2, 0.25) is 0 Å². The van der Waals surface area contributed by atoms with Gasteiger partial charge in [0, 0.05) is 39.9 Å². The average molecular weight is 282 g/mol. The molecule has 2 N–H and O–H groups in total. The molecular formula is C15H23FN2O2. The molecule has 0 bridgehead atoms. The summed E-state index contributed by atoms with van der Waals surface area (Å²) in [6.07, 6.45) is 0.0636. The summed E-state index contributed by atoms with van der Waals surface area (Å²) in [4.78, 5) is 2.20. The number of hydrogen-bond donors (Lipinski definition) is 1. The van der Waals surface area contributed by atoms with Crippen LogP contribution < -0.4 is 5.73 Å². The number of rotatable bonds is 5. The lowest BCUT2D eigenvalue weighted by Crippen LogP contribution is -2.33. The van der Waals surface area contributed by atoms with Crippen molar-refractivity contribution in [3.8, 4) is 0 Å². The third-order valence-corrected chi connectivity index (χ3v) is 4.09. The fourth-order valence-electron chi connectivity index (χ4n) is 2.79. The van der Waals surface area contributed by atoms with Gasteiger partial charge in [-0.05, 0) is 24.1 Å². The first-order valence-corrected chi connectivity index (χ1v) is 6.86. The summed E-state index contributed by atoms with van der Waals surface area (Å²) < 4.78 is 24.6. The van der Waals surface area contributed by atoms with Gasteiger partial charge in [-0.3, -0.25) is 4.90 Å². The Kier molecular flexibility index (Phi) is 5.10. The van der Waals surface area contributed by atoms with Gasteiger partial charge in [-0.15, -0.1) is 0 Å². The van der Waals surface area contributed by atoms with Crippen molar-refractivity contribution in [3.63, 3.8) is 0 Å². The van der Waals surface area contributed by atoms with Crippen LogP contribution in [0.15, 0.2) is 18.2 Å². The summed E-state index contributed by atoms with van der Waals surface area (Å²) in [6.45, 7) is 3.68. The van der Waals surface area contributed by atoms with Crippen LogP contribution in [0.5, 0.6) is 0 Å².